The third-order valence-electron chi connectivity index (χ3n) is 2.95. The summed E-state index contributed by atoms with van der Waals surface area (Å²) in [5.41, 5.74) is 0.903. The molecule has 4 heteroatoms. The number of ketones is 1. The van der Waals surface area contributed by atoms with Crippen molar-refractivity contribution in [1.82, 2.24) is 5.32 Å². The van der Waals surface area contributed by atoms with Crippen molar-refractivity contribution >= 4 is 5.78 Å². The number of benzene rings is 1. The van der Waals surface area contributed by atoms with Gasteiger partial charge in [-0.3, -0.25) is 4.79 Å². The monoisotopic (exact) mass is 219 g/mol. The van der Waals surface area contributed by atoms with Gasteiger partial charge in [-0.2, -0.15) is 0 Å². The Kier molecular flexibility index (Phi) is 2.29. The number of fused-ring (bicyclic) bond motifs is 1. The molecule has 0 spiro atoms. The van der Waals surface area contributed by atoms with Crippen LogP contribution in [0, 0.1) is 0 Å². The van der Waals surface area contributed by atoms with Crippen LogP contribution < -0.4 is 14.8 Å². The quantitative estimate of drug-likeness (QED) is 0.767. The maximum Gasteiger partial charge on any atom is 0.166 e. The van der Waals surface area contributed by atoms with Gasteiger partial charge >= 0.3 is 0 Å². The summed E-state index contributed by atoms with van der Waals surface area (Å²) in [6.07, 6.45) is 0.592. The highest BCUT2D eigenvalue weighted by Gasteiger charge is 2.30. The first kappa shape index (κ1) is 9.66. The number of nitrogens with one attached hydrogen (secondary N) is 1. The summed E-state index contributed by atoms with van der Waals surface area (Å²) in [5.74, 6) is 1.69. The van der Waals surface area contributed by atoms with E-state index in [9.17, 15) is 4.79 Å². The second kappa shape index (κ2) is 3.79. The minimum Gasteiger partial charge on any atom is -0.486 e. The molecular formula is C12H13NO3. The summed E-state index contributed by atoms with van der Waals surface area (Å²) in [4.78, 5) is 11.7. The molecule has 1 unspecified atom stereocenters. The maximum absolute atomic E-state index is 11.7. The van der Waals surface area contributed by atoms with E-state index in [0.717, 1.165) is 23.6 Å². The van der Waals surface area contributed by atoms with Gasteiger partial charge in [0.15, 0.2) is 17.3 Å². The average molecular weight is 219 g/mol. The van der Waals surface area contributed by atoms with Crippen molar-refractivity contribution in [2.24, 2.45) is 0 Å². The number of Topliss-reactive ketones (excluding diaryl/α,β-unsaturated/α-hetero) is 1. The first-order valence-electron chi connectivity index (χ1n) is 5.51. The number of carbonyl (C=O) groups is 1. The van der Waals surface area contributed by atoms with Crippen LogP contribution in [0.3, 0.4) is 0 Å². The molecule has 2 aliphatic heterocycles. The Balaban J connectivity index is 2.03. The molecule has 2 heterocycles. The molecule has 0 aliphatic carbocycles. The third-order valence-corrected chi connectivity index (χ3v) is 2.95. The average Bonchev–Trinajstić information content (AvgIpc) is 2.75. The van der Waals surface area contributed by atoms with Gasteiger partial charge in [-0.05, 0) is 6.07 Å². The van der Waals surface area contributed by atoms with Crippen LogP contribution in [0.4, 0.5) is 0 Å². The Morgan fingerprint density at radius 3 is 2.94 bits per heavy atom. The van der Waals surface area contributed by atoms with Crippen LogP contribution in [0.25, 0.3) is 0 Å². The summed E-state index contributed by atoms with van der Waals surface area (Å²) >= 11 is 0. The van der Waals surface area contributed by atoms with Crippen molar-refractivity contribution in [3.05, 3.63) is 23.8 Å². The van der Waals surface area contributed by atoms with Crippen LogP contribution in [0.2, 0.25) is 0 Å². The van der Waals surface area contributed by atoms with Crippen LogP contribution in [0.5, 0.6) is 11.5 Å². The molecular weight excluding hydrogens is 206 g/mol. The molecule has 0 radical (unpaired) electrons. The lowest BCUT2D eigenvalue weighted by atomic mass is 10.0. The first-order chi connectivity index (χ1) is 7.86. The summed E-state index contributed by atoms with van der Waals surface area (Å²) in [6, 6.07) is 5.47. The third kappa shape index (κ3) is 1.46. The highest BCUT2D eigenvalue weighted by Crippen LogP contribution is 2.38. The van der Waals surface area contributed by atoms with Gasteiger partial charge in [-0.25, -0.2) is 0 Å². The zero-order valence-electron chi connectivity index (χ0n) is 8.86. The number of ether oxygens (including phenoxy) is 2. The van der Waals surface area contributed by atoms with Crippen LogP contribution in [0.1, 0.15) is 18.0 Å². The second-order valence-corrected chi connectivity index (χ2v) is 3.97. The number of carbonyl (C=O) groups excluding carboxylic acids is 1. The van der Waals surface area contributed by atoms with E-state index in [1.807, 2.05) is 18.2 Å². The highest BCUT2D eigenvalue weighted by atomic mass is 16.6. The Hall–Kier alpha value is -1.55. The molecule has 1 atom stereocenters. The fourth-order valence-corrected chi connectivity index (χ4v) is 2.20. The van der Waals surface area contributed by atoms with Crippen LogP contribution >= 0.6 is 0 Å². The van der Waals surface area contributed by atoms with Crippen molar-refractivity contribution in [3.8, 4) is 11.5 Å². The van der Waals surface area contributed by atoms with Gasteiger partial charge in [0.25, 0.3) is 0 Å². The molecule has 1 saturated heterocycles. The van der Waals surface area contributed by atoms with Crippen molar-refractivity contribution in [2.75, 3.05) is 19.8 Å². The van der Waals surface area contributed by atoms with Gasteiger partial charge in [0, 0.05) is 18.5 Å². The molecule has 1 aromatic carbocycles. The zero-order valence-corrected chi connectivity index (χ0v) is 8.86. The van der Waals surface area contributed by atoms with Crippen molar-refractivity contribution in [2.45, 2.75) is 12.5 Å². The highest BCUT2D eigenvalue weighted by molar-refractivity contribution is 5.88. The lowest BCUT2D eigenvalue weighted by molar-refractivity contribution is -0.118. The number of para-hydroxylation sites is 1. The molecule has 2 aliphatic rings. The molecule has 0 amide bonds. The Labute approximate surface area is 93.5 Å². The summed E-state index contributed by atoms with van der Waals surface area (Å²) in [6.45, 7) is 1.86. The Morgan fingerprint density at radius 2 is 2.12 bits per heavy atom. The van der Waals surface area contributed by atoms with Crippen molar-refractivity contribution in [3.63, 3.8) is 0 Å². The summed E-state index contributed by atoms with van der Waals surface area (Å²) < 4.78 is 11.1. The van der Waals surface area contributed by atoms with Crippen LogP contribution in [-0.4, -0.2) is 25.5 Å². The molecule has 16 heavy (non-hydrogen) atoms. The van der Waals surface area contributed by atoms with E-state index in [4.69, 9.17) is 9.47 Å². The van der Waals surface area contributed by atoms with Crippen LogP contribution in [-0.2, 0) is 4.79 Å². The minimum atomic E-state index is -0.225. The van der Waals surface area contributed by atoms with E-state index < -0.39 is 0 Å². The molecule has 1 aromatic rings. The fourth-order valence-electron chi connectivity index (χ4n) is 2.20. The zero-order chi connectivity index (χ0) is 11.0. The molecule has 1 fully saturated rings. The Bertz CT molecular complexity index is 430. The second-order valence-electron chi connectivity index (χ2n) is 3.97. The van der Waals surface area contributed by atoms with Gasteiger partial charge in [0.1, 0.15) is 13.2 Å². The molecule has 4 nitrogen and oxygen atoms in total. The lowest BCUT2D eigenvalue weighted by Crippen LogP contribution is -2.22. The number of hydrogen-bond acceptors (Lipinski definition) is 4. The predicted octanol–water partition coefficient (Wildman–Crippen LogP) is 1.06. The molecule has 0 aromatic heterocycles. The largest absolute Gasteiger partial charge is 0.486 e. The molecule has 0 saturated carbocycles. The van der Waals surface area contributed by atoms with Crippen molar-refractivity contribution < 1.29 is 14.3 Å². The molecule has 0 bridgehead atoms. The van der Waals surface area contributed by atoms with Crippen molar-refractivity contribution in [1.29, 1.82) is 0 Å². The van der Waals surface area contributed by atoms with Gasteiger partial charge in [0.2, 0.25) is 0 Å². The van der Waals surface area contributed by atoms with Crippen LogP contribution in [0.15, 0.2) is 18.2 Å². The minimum absolute atomic E-state index is 0.225. The maximum atomic E-state index is 11.7. The van der Waals surface area contributed by atoms with Gasteiger partial charge < -0.3 is 14.8 Å². The first-order valence-corrected chi connectivity index (χ1v) is 5.51. The van der Waals surface area contributed by atoms with E-state index in [1.54, 1.807) is 0 Å². The van der Waals surface area contributed by atoms with E-state index in [-0.39, 0.29) is 11.8 Å². The summed E-state index contributed by atoms with van der Waals surface area (Å²) in [7, 11) is 0. The standard InChI is InChI=1S/C12H13NO3/c14-9-4-5-13-11(9)8-2-1-3-10-12(8)16-7-6-15-10/h1-3,11,13H,4-7H2. The lowest BCUT2D eigenvalue weighted by Gasteiger charge is -2.22. The van der Waals surface area contributed by atoms with Gasteiger partial charge in [-0.1, -0.05) is 12.1 Å². The number of hydrogen-bond donors (Lipinski definition) is 1. The summed E-state index contributed by atoms with van der Waals surface area (Å²) in [5, 5.41) is 3.19. The van der Waals surface area contributed by atoms with Gasteiger partial charge in [-0.15, -0.1) is 0 Å². The van der Waals surface area contributed by atoms with E-state index in [2.05, 4.69) is 5.32 Å². The van der Waals surface area contributed by atoms with E-state index >= 15 is 0 Å². The smallest absolute Gasteiger partial charge is 0.166 e. The molecule has 3 rings (SSSR count). The fraction of sp³-hybridized carbons (Fsp3) is 0.417. The topological polar surface area (TPSA) is 47.6 Å². The molecule has 84 valence electrons. The predicted molar refractivity (Wildman–Crippen MR) is 57.8 cm³/mol. The van der Waals surface area contributed by atoms with E-state index in [0.29, 0.717) is 19.6 Å². The SMILES string of the molecule is O=C1CCNC1c1cccc2c1OCCO2. The number of rotatable bonds is 1. The molecule has 1 N–H and O–H groups in total. The van der Waals surface area contributed by atoms with E-state index in [1.165, 1.54) is 0 Å². The Morgan fingerprint density at radius 1 is 1.25 bits per heavy atom. The normalized spacial score (nSPS) is 23.5. The van der Waals surface area contributed by atoms with Gasteiger partial charge in [0.05, 0.1) is 6.04 Å².